The number of rotatable bonds is 7. The summed E-state index contributed by atoms with van der Waals surface area (Å²) >= 11 is 0. The van der Waals surface area contributed by atoms with Crippen molar-refractivity contribution in [2.45, 2.75) is 32.8 Å². The summed E-state index contributed by atoms with van der Waals surface area (Å²) in [6.45, 7) is 4.84. The molecule has 106 valence electrons. The molecule has 1 N–H and O–H groups in total. The molecule has 0 aliphatic carbocycles. The Balaban J connectivity index is 2.56. The molecular formula is C15H24N2O2. The van der Waals surface area contributed by atoms with E-state index < -0.39 is 0 Å². The van der Waals surface area contributed by atoms with E-state index in [1.807, 2.05) is 45.2 Å². The maximum absolute atomic E-state index is 11.9. The van der Waals surface area contributed by atoms with E-state index in [2.05, 4.69) is 5.32 Å². The van der Waals surface area contributed by atoms with Crippen molar-refractivity contribution >= 4 is 11.6 Å². The second kappa shape index (κ2) is 7.79. The van der Waals surface area contributed by atoms with Gasteiger partial charge in [0.1, 0.15) is 5.75 Å². The molecule has 19 heavy (non-hydrogen) atoms. The Labute approximate surface area is 115 Å². The van der Waals surface area contributed by atoms with Gasteiger partial charge in [0, 0.05) is 19.2 Å². The molecule has 0 unspecified atom stereocenters. The van der Waals surface area contributed by atoms with Crippen molar-refractivity contribution in [2.24, 2.45) is 0 Å². The lowest BCUT2D eigenvalue weighted by Gasteiger charge is -2.18. The maximum atomic E-state index is 11.9. The highest BCUT2D eigenvalue weighted by Crippen LogP contribution is 2.20. The normalized spacial score (nSPS) is 10.6. The standard InChI is InChI=1S/C15H24N2O2/c1-12(2)19-14-9-7-13(8-10-14)17(4)15(18)6-5-11-16-3/h7-10,12,16H,5-6,11H2,1-4H3. The average molecular weight is 264 g/mol. The molecule has 0 aliphatic rings. The van der Waals surface area contributed by atoms with Crippen LogP contribution >= 0.6 is 0 Å². The van der Waals surface area contributed by atoms with Gasteiger partial charge in [0.25, 0.3) is 0 Å². The fourth-order valence-electron chi connectivity index (χ4n) is 1.75. The van der Waals surface area contributed by atoms with Crippen LogP contribution in [0.15, 0.2) is 24.3 Å². The second-order valence-corrected chi connectivity index (χ2v) is 4.82. The molecule has 4 heteroatoms. The van der Waals surface area contributed by atoms with Crippen LogP contribution in [-0.2, 0) is 4.79 Å². The summed E-state index contributed by atoms with van der Waals surface area (Å²) in [5.41, 5.74) is 0.894. The van der Waals surface area contributed by atoms with Gasteiger partial charge in [-0.2, -0.15) is 0 Å². The van der Waals surface area contributed by atoms with Crippen LogP contribution in [0.2, 0.25) is 0 Å². The van der Waals surface area contributed by atoms with Gasteiger partial charge in [-0.25, -0.2) is 0 Å². The Morgan fingerprint density at radius 3 is 2.47 bits per heavy atom. The summed E-state index contributed by atoms with van der Waals surface area (Å²) in [6, 6.07) is 7.61. The number of hydrogen-bond donors (Lipinski definition) is 1. The van der Waals surface area contributed by atoms with E-state index in [-0.39, 0.29) is 12.0 Å². The monoisotopic (exact) mass is 264 g/mol. The van der Waals surface area contributed by atoms with Crippen LogP contribution in [-0.4, -0.2) is 32.7 Å². The van der Waals surface area contributed by atoms with Crippen molar-refractivity contribution in [1.82, 2.24) is 5.32 Å². The molecule has 0 saturated heterocycles. The fourth-order valence-corrected chi connectivity index (χ4v) is 1.75. The number of hydrogen-bond acceptors (Lipinski definition) is 3. The van der Waals surface area contributed by atoms with Crippen molar-refractivity contribution in [3.63, 3.8) is 0 Å². The van der Waals surface area contributed by atoms with Crippen LogP contribution in [0.4, 0.5) is 5.69 Å². The Morgan fingerprint density at radius 2 is 1.95 bits per heavy atom. The smallest absolute Gasteiger partial charge is 0.226 e. The van der Waals surface area contributed by atoms with E-state index >= 15 is 0 Å². The minimum Gasteiger partial charge on any atom is -0.491 e. The number of amides is 1. The Bertz CT molecular complexity index is 388. The first-order chi connectivity index (χ1) is 9.04. The third-order valence-electron chi connectivity index (χ3n) is 2.79. The van der Waals surface area contributed by atoms with Gasteiger partial charge >= 0.3 is 0 Å². The SMILES string of the molecule is CNCCCC(=O)N(C)c1ccc(OC(C)C)cc1. The average Bonchev–Trinajstić information content (AvgIpc) is 2.38. The molecule has 1 aromatic carbocycles. The summed E-state index contributed by atoms with van der Waals surface area (Å²) in [4.78, 5) is 13.6. The lowest BCUT2D eigenvalue weighted by atomic mass is 10.2. The van der Waals surface area contributed by atoms with Gasteiger partial charge in [-0.05, 0) is 58.1 Å². The number of anilines is 1. The van der Waals surface area contributed by atoms with Crippen LogP contribution in [0, 0.1) is 0 Å². The number of ether oxygens (including phenoxy) is 1. The molecule has 1 rings (SSSR count). The van der Waals surface area contributed by atoms with E-state index in [9.17, 15) is 4.79 Å². The number of nitrogens with one attached hydrogen (secondary N) is 1. The number of nitrogens with zero attached hydrogens (tertiary/aromatic N) is 1. The van der Waals surface area contributed by atoms with Crippen LogP contribution in [0.3, 0.4) is 0 Å². The van der Waals surface area contributed by atoms with Gasteiger partial charge in [0.05, 0.1) is 6.10 Å². The third-order valence-corrected chi connectivity index (χ3v) is 2.79. The van der Waals surface area contributed by atoms with E-state index in [0.29, 0.717) is 6.42 Å². The highest BCUT2D eigenvalue weighted by Gasteiger charge is 2.10. The van der Waals surface area contributed by atoms with Gasteiger partial charge in [-0.15, -0.1) is 0 Å². The van der Waals surface area contributed by atoms with Gasteiger partial charge in [0.2, 0.25) is 5.91 Å². The Kier molecular flexibility index (Phi) is 6.36. The molecule has 0 saturated carbocycles. The zero-order valence-corrected chi connectivity index (χ0v) is 12.3. The first-order valence-electron chi connectivity index (χ1n) is 6.72. The quantitative estimate of drug-likeness (QED) is 0.769. The first kappa shape index (κ1) is 15.5. The van der Waals surface area contributed by atoms with Gasteiger partial charge in [0.15, 0.2) is 0 Å². The molecule has 1 aromatic rings. The van der Waals surface area contributed by atoms with E-state index in [1.165, 1.54) is 0 Å². The number of carbonyl (C=O) groups excluding carboxylic acids is 1. The molecule has 0 radical (unpaired) electrons. The van der Waals surface area contributed by atoms with E-state index in [0.717, 1.165) is 24.4 Å². The Hall–Kier alpha value is -1.55. The Morgan fingerprint density at radius 1 is 1.32 bits per heavy atom. The molecule has 0 fully saturated rings. The van der Waals surface area contributed by atoms with Crippen LogP contribution in [0.25, 0.3) is 0 Å². The predicted molar refractivity (Wildman–Crippen MR) is 78.8 cm³/mol. The third kappa shape index (κ3) is 5.30. The van der Waals surface area contributed by atoms with Crippen molar-refractivity contribution in [2.75, 3.05) is 25.5 Å². The van der Waals surface area contributed by atoms with Crippen molar-refractivity contribution in [3.05, 3.63) is 24.3 Å². The highest BCUT2D eigenvalue weighted by atomic mass is 16.5. The lowest BCUT2D eigenvalue weighted by Crippen LogP contribution is -2.26. The summed E-state index contributed by atoms with van der Waals surface area (Å²) in [7, 11) is 3.70. The maximum Gasteiger partial charge on any atom is 0.226 e. The molecule has 1 amide bonds. The van der Waals surface area contributed by atoms with Crippen LogP contribution in [0.5, 0.6) is 5.75 Å². The summed E-state index contributed by atoms with van der Waals surface area (Å²) in [5, 5.41) is 3.04. The lowest BCUT2D eigenvalue weighted by molar-refractivity contribution is -0.118. The first-order valence-corrected chi connectivity index (χ1v) is 6.72. The summed E-state index contributed by atoms with van der Waals surface area (Å²) in [5.74, 6) is 0.961. The summed E-state index contributed by atoms with van der Waals surface area (Å²) < 4.78 is 5.58. The minimum absolute atomic E-state index is 0.132. The molecule has 4 nitrogen and oxygen atoms in total. The van der Waals surface area contributed by atoms with Crippen LogP contribution in [0.1, 0.15) is 26.7 Å². The van der Waals surface area contributed by atoms with E-state index in [1.54, 1.807) is 11.9 Å². The molecule has 0 spiro atoms. The summed E-state index contributed by atoms with van der Waals surface area (Å²) in [6.07, 6.45) is 1.57. The molecular weight excluding hydrogens is 240 g/mol. The van der Waals surface area contributed by atoms with Crippen molar-refractivity contribution < 1.29 is 9.53 Å². The minimum atomic E-state index is 0.132. The molecule has 0 aliphatic heterocycles. The zero-order chi connectivity index (χ0) is 14.3. The highest BCUT2D eigenvalue weighted by molar-refractivity contribution is 5.92. The predicted octanol–water partition coefficient (Wildman–Crippen LogP) is 2.44. The molecule has 0 bridgehead atoms. The van der Waals surface area contributed by atoms with Gasteiger partial charge in [-0.1, -0.05) is 0 Å². The fraction of sp³-hybridized carbons (Fsp3) is 0.533. The van der Waals surface area contributed by atoms with Crippen LogP contribution < -0.4 is 15.0 Å². The van der Waals surface area contributed by atoms with Crippen molar-refractivity contribution in [1.29, 1.82) is 0 Å². The number of benzene rings is 1. The second-order valence-electron chi connectivity index (χ2n) is 4.82. The molecule has 0 heterocycles. The molecule has 0 atom stereocenters. The van der Waals surface area contributed by atoms with Gasteiger partial charge in [-0.3, -0.25) is 4.79 Å². The van der Waals surface area contributed by atoms with E-state index in [4.69, 9.17) is 4.74 Å². The zero-order valence-electron chi connectivity index (χ0n) is 12.3. The topological polar surface area (TPSA) is 41.6 Å². The van der Waals surface area contributed by atoms with Gasteiger partial charge < -0.3 is 15.0 Å². The molecule has 0 aromatic heterocycles. The largest absolute Gasteiger partial charge is 0.491 e. The van der Waals surface area contributed by atoms with Crippen molar-refractivity contribution in [3.8, 4) is 5.75 Å². The number of carbonyl (C=O) groups is 1.